The third-order valence-electron chi connectivity index (χ3n) is 6.89. The lowest BCUT2D eigenvalue weighted by molar-refractivity contribution is -0.0593. The summed E-state index contributed by atoms with van der Waals surface area (Å²) in [5, 5.41) is 0. The van der Waals surface area contributed by atoms with Crippen LogP contribution in [0.25, 0.3) is 11.1 Å². The van der Waals surface area contributed by atoms with E-state index in [0.29, 0.717) is 12.5 Å². The van der Waals surface area contributed by atoms with Gasteiger partial charge in [-0.05, 0) is 68.0 Å². The van der Waals surface area contributed by atoms with Crippen LogP contribution in [0.5, 0.6) is 11.5 Å². The minimum absolute atomic E-state index is 0.134. The number of amidine groups is 1. The van der Waals surface area contributed by atoms with Gasteiger partial charge < -0.3 is 19.9 Å². The van der Waals surface area contributed by atoms with Crippen LogP contribution in [0.15, 0.2) is 60.1 Å². The van der Waals surface area contributed by atoms with E-state index in [1.807, 2.05) is 12.1 Å². The fourth-order valence-electron chi connectivity index (χ4n) is 5.27. The number of hydrogen-bond donors (Lipinski definition) is 1. The maximum Gasteiger partial charge on any atom is 0.283 e. The zero-order chi connectivity index (χ0) is 22.6. The van der Waals surface area contributed by atoms with Crippen LogP contribution in [0, 0.1) is 0 Å². The second-order valence-electron chi connectivity index (χ2n) is 9.59. The average Bonchev–Trinajstić information content (AvgIpc) is 3.21. The van der Waals surface area contributed by atoms with Crippen LogP contribution in [0.3, 0.4) is 0 Å². The molecule has 3 aliphatic rings. The Labute approximate surface area is 192 Å². The molecule has 1 unspecified atom stereocenters. The molecule has 2 N–H and O–H groups in total. The van der Waals surface area contributed by atoms with E-state index < -0.39 is 5.54 Å². The van der Waals surface area contributed by atoms with Crippen LogP contribution < -0.4 is 10.5 Å². The van der Waals surface area contributed by atoms with Crippen molar-refractivity contribution in [1.29, 1.82) is 0 Å². The highest BCUT2D eigenvalue weighted by atomic mass is 16.5. The van der Waals surface area contributed by atoms with E-state index in [4.69, 9.17) is 24.9 Å². The van der Waals surface area contributed by atoms with Crippen molar-refractivity contribution >= 4 is 6.02 Å². The first-order valence-corrected chi connectivity index (χ1v) is 11.3. The monoisotopic (exact) mass is 442 g/mol. The highest BCUT2D eigenvalue weighted by molar-refractivity contribution is 5.78. The van der Waals surface area contributed by atoms with Crippen molar-refractivity contribution in [3.63, 3.8) is 0 Å². The number of ether oxygens (including phenoxy) is 3. The number of nitrogens with two attached hydrogens (primary N) is 1. The highest BCUT2D eigenvalue weighted by Crippen LogP contribution is 2.52. The van der Waals surface area contributed by atoms with E-state index >= 15 is 0 Å². The number of rotatable bonds is 2. The van der Waals surface area contributed by atoms with Crippen LogP contribution in [0.2, 0.25) is 0 Å². The molecule has 0 radical (unpaired) electrons. The Balaban J connectivity index is 1.48. The molecule has 7 heteroatoms. The van der Waals surface area contributed by atoms with Crippen molar-refractivity contribution in [2.45, 2.75) is 43.7 Å². The first kappa shape index (κ1) is 20.2. The summed E-state index contributed by atoms with van der Waals surface area (Å²) in [6.45, 7) is 5.40. The molecule has 4 heterocycles. The van der Waals surface area contributed by atoms with Crippen LogP contribution in [0.1, 0.15) is 49.3 Å². The summed E-state index contributed by atoms with van der Waals surface area (Å²) in [7, 11) is 0. The maximum absolute atomic E-state index is 6.35. The van der Waals surface area contributed by atoms with Crippen LogP contribution >= 0.6 is 0 Å². The Morgan fingerprint density at radius 3 is 2.45 bits per heavy atom. The summed E-state index contributed by atoms with van der Waals surface area (Å²) in [6, 6.07) is 12.7. The van der Waals surface area contributed by atoms with Gasteiger partial charge in [0.2, 0.25) is 0 Å². The van der Waals surface area contributed by atoms with Gasteiger partial charge in [-0.15, -0.1) is 0 Å². The lowest BCUT2D eigenvalue weighted by atomic mass is 9.77. The van der Waals surface area contributed by atoms with Gasteiger partial charge >= 0.3 is 0 Å². The zero-order valence-corrected chi connectivity index (χ0v) is 18.7. The predicted octanol–water partition coefficient (Wildman–Crippen LogP) is 4.51. The molecular weight excluding hydrogens is 416 g/mol. The Morgan fingerprint density at radius 2 is 1.73 bits per heavy atom. The summed E-state index contributed by atoms with van der Waals surface area (Å²) in [4.78, 5) is 13.2. The van der Waals surface area contributed by atoms with Gasteiger partial charge in [0, 0.05) is 35.7 Å². The quantitative estimate of drug-likeness (QED) is 0.628. The lowest BCUT2D eigenvalue weighted by Gasteiger charge is -2.37. The van der Waals surface area contributed by atoms with Gasteiger partial charge in [-0.3, -0.25) is 0 Å². The van der Waals surface area contributed by atoms with Crippen molar-refractivity contribution < 1.29 is 14.2 Å². The molecule has 3 aliphatic heterocycles. The minimum Gasteiger partial charge on any atom is -0.462 e. The fraction of sp³-hybridized carbons (Fsp3) is 0.346. The molecule has 0 amide bonds. The molecule has 33 heavy (non-hydrogen) atoms. The van der Waals surface area contributed by atoms with Gasteiger partial charge in [0.15, 0.2) is 5.54 Å². The molecule has 0 aliphatic carbocycles. The standard InChI is InChI=1S/C26H26N4O3/c1-25(2)11-18(7-8-32-25)16-3-5-22-20(9-16)26(14-31-24(27)30-26)21-10-17(4-6-23(21)33-22)19-12-28-15-29-13-19/h3-6,9-10,12-13,15,18H,7-8,11,14H2,1-2H3,(H2,27,30)/t18?,26-/m1/s1. The SMILES string of the molecule is CC1(C)CC(c2ccc3c(c2)[C@]2(COC(N)=N2)c2cc(-c4cncnc4)ccc2O3)CCO1. The average molecular weight is 443 g/mol. The van der Waals surface area contributed by atoms with E-state index in [1.165, 1.54) is 11.9 Å². The largest absolute Gasteiger partial charge is 0.462 e. The Kier molecular flexibility index (Phi) is 4.45. The summed E-state index contributed by atoms with van der Waals surface area (Å²) >= 11 is 0. The van der Waals surface area contributed by atoms with Gasteiger partial charge in [0.05, 0.1) is 5.60 Å². The molecule has 0 saturated carbocycles. The molecule has 0 bridgehead atoms. The molecule has 1 fully saturated rings. The Bertz CT molecular complexity index is 1260. The number of nitrogens with zero attached hydrogens (tertiary/aromatic N) is 3. The molecular formula is C26H26N4O3. The maximum atomic E-state index is 6.35. The van der Waals surface area contributed by atoms with E-state index in [1.54, 1.807) is 12.4 Å². The van der Waals surface area contributed by atoms with Gasteiger partial charge in [0.25, 0.3) is 6.02 Å². The summed E-state index contributed by atoms with van der Waals surface area (Å²) in [5.41, 5.74) is 10.3. The van der Waals surface area contributed by atoms with Crippen LogP contribution in [-0.4, -0.2) is 34.8 Å². The normalized spacial score (nSPS) is 24.9. The molecule has 1 aromatic heterocycles. The summed E-state index contributed by atoms with van der Waals surface area (Å²) < 4.78 is 18.0. The zero-order valence-electron chi connectivity index (χ0n) is 18.7. The lowest BCUT2D eigenvalue weighted by Crippen LogP contribution is -2.34. The van der Waals surface area contributed by atoms with Crippen molar-refractivity contribution in [3.8, 4) is 22.6 Å². The smallest absolute Gasteiger partial charge is 0.283 e. The number of benzene rings is 2. The third kappa shape index (κ3) is 3.35. The molecule has 168 valence electrons. The topological polar surface area (TPSA) is 91.9 Å². The van der Waals surface area contributed by atoms with Crippen molar-refractivity contribution in [3.05, 3.63) is 71.8 Å². The van der Waals surface area contributed by atoms with Gasteiger partial charge in [0.1, 0.15) is 24.4 Å². The number of aliphatic imine (C=N–C) groups is 1. The Morgan fingerprint density at radius 1 is 0.970 bits per heavy atom. The van der Waals surface area contributed by atoms with E-state index in [-0.39, 0.29) is 11.6 Å². The van der Waals surface area contributed by atoms with Crippen LogP contribution in [-0.2, 0) is 15.0 Å². The summed E-state index contributed by atoms with van der Waals surface area (Å²) in [6.07, 6.45) is 7.08. The number of aromatic nitrogens is 2. The number of fused-ring (bicyclic) bond motifs is 4. The molecule has 2 atom stereocenters. The van der Waals surface area contributed by atoms with E-state index in [9.17, 15) is 0 Å². The molecule has 3 aromatic rings. The van der Waals surface area contributed by atoms with Gasteiger partial charge in [-0.25, -0.2) is 15.0 Å². The fourth-order valence-corrected chi connectivity index (χ4v) is 5.27. The van der Waals surface area contributed by atoms with Crippen molar-refractivity contribution in [2.24, 2.45) is 10.7 Å². The Hall–Kier alpha value is -3.45. The number of hydrogen-bond acceptors (Lipinski definition) is 7. The van der Waals surface area contributed by atoms with Crippen molar-refractivity contribution in [1.82, 2.24) is 9.97 Å². The molecule has 7 nitrogen and oxygen atoms in total. The van der Waals surface area contributed by atoms with E-state index in [0.717, 1.165) is 53.2 Å². The van der Waals surface area contributed by atoms with Crippen LogP contribution in [0.4, 0.5) is 0 Å². The second kappa shape index (κ2) is 7.28. The first-order valence-electron chi connectivity index (χ1n) is 11.3. The minimum atomic E-state index is -0.755. The predicted molar refractivity (Wildman–Crippen MR) is 124 cm³/mol. The highest BCUT2D eigenvalue weighted by Gasteiger charge is 2.47. The summed E-state index contributed by atoms with van der Waals surface area (Å²) in [5.74, 6) is 1.95. The molecule has 1 saturated heterocycles. The van der Waals surface area contributed by atoms with Gasteiger partial charge in [-0.2, -0.15) is 0 Å². The molecule has 6 rings (SSSR count). The molecule has 2 aromatic carbocycles. The first-order chi connectivity index (χ1) is 15.9. The molecule has 1 spiro atoms. The third-order valence-corrected chi connectivity index (χ3v) is 6.89. The van der Waals surface area contributed by atoms with E-state index in [2.05, 4.69) is 48.1 Å². The van der Waals surface area contributed by atoms with Gasteiger partial charge in [-0.1, -0.05) is 12.1 Å². The van der Waals surface area contributed by atoms with Crippen molar-refractivity contribution in [2.75, 3.05) is 13.2 Å². The second-order valence-corrected chi connectivity index (χ2v) is 9.59.